The molecule has 218 valence electrons. The van der Waals surface area contributed by atoms with E-state index in [1.165, 1.54) is 11.0 Å². The topological polar surface area (TPSA) is 71.8 Å². The minimum atomic E-state index is -1.33. The van der Waals surface area contributed by atoms with Gasteiger partial charge in [-0.05, 0) is 56.9 Å². The number of aryl methyl sites for hydroxylation is 1. The highest BCUT2D eigenvalue weighted by molar-refractivity contribution is 6.30. The highest BCUT2D eigenvalue weighted by Gasteiger charge is 2.40. The summed E-state index contributed by atoms with van der Waals surface area (Å²) in [5.41, 5.74) is 2.39. The van der Waals surface area contributed by atoms with Crippen LogP contribution in [0.5, 0.6) is 0 Å². The van der Waals surface area contributed by atoms with Crippen molar-refractivity contribution < 1.29 is 27.9 Å². The number of hydrogen-bond acceptors (Lipinski definition) is 4. The molecule has 0 saturated carbocycles. The maximum absolute atomic E-state index is 14.6. The zero-order valence-electron chi connectivity index (χ0n) is 23.5. The number of carbonyl (C=O) groups is 3. The first-order chi connectivity index (χ1) is 19.4. The standard InChI is InChI=1S/C31H34ClF2N3O4/c1-31(2,3)41-30(40)35-14-13-22-21-8-4-5-10-24(21)36(26(22)17-35)18-28(39)37-16-20(33)15-25(37)27(38)12-11-19-7-6-9-23(32)29(19)34/h4-10,20,25H,11-18H2,1-3H3/t20-,25+/m1/s1. The lowest BCUT2D eigenvalue weighted by molar-refractivity contribution is -0.138. The van der Waals surface area contributed by atoms with E-state index >= 15 is 0 Å². The molecule has 0 aliphatic carbocycles. The van der Waals surface area contributed by atoms with Crippen LogP contribution in [-0.4, -0.2) is 63.1 Å². The van der Waals surface area contributed by atoms with Crippen LogP contribution in [0.1, 0.15) is 50.4 Å². The molecule has 2 aliphatic rings. The van der Waals surface area contributed by atoms with Gasteiger partial charge >= 0.3 is 6.09 Å². The molecule has 0 radical (unpaired) electrons. The Labute approximate surface area is 243 Å². The van der Waals surface area contributed by atoms with Crippen molar-refractivity contribution in [3.63, 3.8) is 0 Å². The molecule has 1 fully saturated rings. The molecule has 0 N–H and O–H groups in total. The van der Waals surface area contributed by atoms with E-state index in [1.54, 1.807) is 17.0 Å². The van der Waals surface area contributed by atoms with Gasteiger partial charge in [0.05, 0.1) is 24.2 Å². The van der Waals surface area contributed by atoms with E-state index in [0.717, 1.165) is 22.2 Å². The van der Waals surface area contributed by atoms with Gasteiger partial charge in [-0.1, -0.05) is 41.9 Å². The number of fused-ring (bicyclic) bond motifs is 3. The monoisotopic (exact) mass is 585 g/mol. The molecule has 0 spiro atoms. The molecule has 2 amide bonds. The van der Waals surface area contributed by atoms with Gasteiger partial charge in [0.2, 0.25) is 5.91 Å². The van der Waals surface area contributed by atoms with Crippen LogP contribution < -0.4 is 0 Å². The second-order valence-electron chi connectivity index (χ2n) is 11.8. The number of carbonyl (C=O) groups excluding carboxylic acids is 3. The third kappa shape index (κ3) is 6.10. The number of ketones is 1. The number of Topliss-reactive ketones (excluding diaryl/α,β-unsaturated/α-hetero) is 1. The first kappa shape index (κ1) is 29.0. The average Bonchev–Trinajstić information content (AvgIpc) is 3.46. The van der Waals surface area contributed by atoms with Crippen LogP contribution in [0.4, 0.5) is 13.6 Å². The molecule has 1 saturated heterocycles. The summed E-state index contributed by atoms with van der Waals surface area (Å²) in [5, 5.41) is 0.976. The van der Waals surface area contributed by atoms with Crippen molar-refractivity contribution in [2.24, 2.45) is 0 Å². The Morgan fingerprint density at radius 3 is 2.61 bits per heavy atom. The second kappa shape index (κ2) is 11.4. The number of likely N-dealkylation sites (tertiary alicyclic amines) is 1. The highest BCUT2D eigenvalue weighted by atomic mass is 35.5. The number of hydrogen-bond donors (Lipinski definition) is 0. The van der Waals surface area contributed by atoms with Crippen LogP contribution in [0.3, 0.4) is 0 Å². The highest BCUT2D eigenvalue weighted by Crippen LogP contribution is 2.32. The Kier molecular flexibility index (Phi) is 8.10. The summed E-state index contributed by atoms with van der Waals surface area (Å²) in [6.45, 7) is 5.92. The number of benzene rings is 2. The first-order valence-corrected chi connectivity index (χ1v) is 14.3. The van der Waals surface area contributed by atoms with Crippen molar-refractivity contribution >= 4 is 40.3 Å². The molecule has 10 heteroatoms. The fourth-order valence-corrected chi connectivity index (χ4v) is 6.01. The molecule has 2 atom stereocenters. The summed E-state index contributed by atoms with van der Waals surface area (Å²) in [4.78, 5) is 42.6. The van der Waals surface area contributed by atoms with Crippen molar-refractivity contribution in [3.8, 4) is 0 Å². The molecule has 0 unspecified atom stereocenters. The van der Waals surface area contributed by atoms with Crippen LogP contribution in [0.15, 0.2) is 42.5 Å². The summed E-state index contributed by atoms with van der Waals surface area (Å²) < 4.78 is 36.4. The largest absolute Gasteiger partial charge is 0.444 e. The fraction of sp³-hybridized carbons (Fsp3) is 0.452. The summed E-state index contributed by atoms with van der Waals surface area (Å²) in [6.07, 6.45) is -1.16. The molecule has 2 aliphatic heterocycles. The van der Waals surface area contributed by atoms with E-state index in [9.17, 15) is 23.2 Å². The zero-order chi connectivity index (χ0) is 29.5. The van der Waals surface area contributed by atoms with Gasteiger partial charge in [0.1, 0.15) is 24.1 Å². The predicted octanol–water partition coefficient (Wildman–Crippen LogP) is 5.87. The number of aromatic nitrogens is 1. The summed E-state index contributed by atoms with van der Waals surface area (Å²) in [6, 6.07) is 11.4. The lowest BCUT2D eigenvalue weighted by atomic mass is 10.0. The van der Waals surface area contributed by atoms with Gasteiger partial charge in [-0.25, -0.2) is 13.6 Å². The van der Waals surface area contributed by atoms with Crippen molar-refractivity contribution in [2.75, 3.05) is 13.1 Å². The Bertz CT molecular complexity index is 1500. The van der Waals surface area contributed by atoms with Gasteiger partial charge < -0.3 is 19.1 Å². The second-order valence-corrected chi connectivity index (χ2v) is 12.2. The van der Waals surface area contributed by atoms with Gasteiger partial charge in [0, 0.05) is 36.0 Å². The molecular formula is C31H34ClF2N3O4. The van der Waals surface area contributed by atoms with Crippen molar-refractivity contribution in [2.45, 2.75) is 77.4 Å². The van der Waals surface area contributed by atoms with Gasteiger partial charge in [-0.15, -0.1) is 0 Å². The predicted molar refractivity (Wildman–Crippen MR) is 152 cm³/mol. The van der Waals surface area contributed by atoms with Crippen molar-refractivity contribution in [1.82, 2.24) is 14.4 Å². The maximum atomic E-state index is 14.6. The molecule has 0 bridgehead atoms. The Morgan fingerprint density at radius 2 is 1.85 bits per heavy atom. The Morgan fingerprint density at radius 1 is 1.10 bits per heavy atom. The van der Waals surface area contributed by atoms with Crippen LogP contribution in [0.2, 0.25) is 5.02 Å². The van der Waals surface area contributed by atoms with E-state index in [4.69, 9.17) is 16.3 Å². The maximum Gasteiger partial charge on any atom is 0.410 e. The van der Waals surface area contributed by atoms with Gasteiger partial charge in [0.15, 0.2) is 5.78 Å². The lowest BCUT2D eigenvalue weighted by Crippen LogP contribution is -2.43. The van der Waals surface area contributed by atoms with Gasteiger partial charge in [-0.3, -0.25) is 9.59 Å². The molecule has 1 aromatic heterocycles. The van der Waals surface area contributed by atoms with Crippen LogP contribution in [0.25, 0.3) is 10.9 Å². The van der Waals surface area contributed by atoms with Gasteiger partial charge in [-0.2, -0.15) is 0 Å². The average molecular weight is 586 g/mol. The summed E-state index contributed by atoms with van der Waals surface area (Å²) >= 11 is 5.86. The van der Waals surface area contributed by atoms with E-state index in [0.29, 0.717) is 18.5 Å². The number of alkyl halides is 1. The van der Waals surface area contributed by atoms with E-state index in [2.05, 4.69) is 0 Å². The molecule has 3 heterocycles. The molecular weight excluding hydrogens is 552 g/mol. The number of amides is 2. The molecule has 7 nitrogen and oxygen atoms in total. The number of rotatable bonds is 6. The molecule has 2 aromatic carbocycles. The summed E-state index contributed by atoms with van der Waals surface area (Å²) in [7, 11) is 0. The van der Waals surface area contributed by atoms with Crippen LogP contribution in [0, 0.1) is 5.82 Å². The number of para-hydroxylation sites is 1. The SMILES string of the molecule is CC(C)(C)OC(=O)N1CCc2c(n(CC(=O)N3C[C@H](F)C[C@H]3C(=O)CCc3cccc(Cl)c3F)c3ccccc23)C1. The Hall–Kier alpha value is -3.46. The number of halogens is 3. The molecule has 41 heavy (non-hydrogen) atoms. The normalized spacial score (nSPS) is 19.0. The number of nitrogens with zero attached hydrogens (tertiary/aromatic N) is 3. The molecule has 5 rings (SSSR count). The minimum Gasteiger partial charge on any atom is -0.444 e. The van der Waals surface area contributed by atoms with E-state index in [1.807, 2.05) is 49.6 Å². The van der Waals surface area contributed by atoms with E-state index < -0.39 is 29.7 Å². The fourth-order valence-electron chi connectivity index (χ4n) is 5.81. The first-order valence-electron chi connectivity index (χ1n) is 13.9. The lowest BCUT2D eigenvalue weighted by Gasteiger charge is -2.31. The van der Waals surface area contributed by atoms with E-state index in [-0.39, 0.29) is 55.6 Å². The summed E-state index contributed by atoms with van der Waals surface area (Å²) in [5.74, 6) is -1.27. The van der Waals surface area contributed by atoms with Crippen LogP contribution >= 0.6 is 11.6 Å². The minimum absolute atomic E-state index is 0.0241. The zero-order valence-corrected chi connectivity index (χ0v) is 24.2. The van der Waals surface area contributed by atoms with Crippen molar-refractivity contribution in [3.05, 3.63) is 70.1 Å². The van der Waals surface area contributed by atoms with Gasteiger partial charge in [0.25, 0.3) is 0 Å². The Balaban J connectivity index is 1.36. The molecule has 3 aromatic rings. The van der Waals surface area contributed by atoms with Crippen molar-refractivity contribution in [1.29, 1.82) is 0 Å². The van der Waals surface area contributed by atoms with Crippen LogP contribution in [-0.2, 0) is 40.3 Å². The third-order valence-corrected chi connectivity index (χ3v) is 8.02. The smallest absolute Gasteiger partial charge is 0.410 e. The third-order valence-electron chi connectivity index (χ3n) is 7.73. The number of ether oxygens (including phenoxy) is 1. The quantitative estimate of drug-likeness (QED) is 0.363.